The zero-order chi connectivity index (χ0) is 10.1. The van der Waals surface area contributed by atoms with E-state index in [0.29, 0.717) is 12.1 Å². The molecule has 0 atom stereocenters. The van der Waals surface area contributed by atoms with Crippen molar-refractivity contribution in [3.63, 3.8) is 0 Å². The zero-order valence-corrected chi connectivity index (χ0v) is 10.0. The van der Waals surface area contributed by atoms with Gasteiger partial charge in [0.25, 0.3) is 0 Å². The van der Waals surface area contributed by atoms with Gasteiger partial charge in [0.2, 0.25) is 5.91 Å². The maximum atomic E-state index is 11.1. The highest BCUT2D eigenvalue weighted by Gasteiger charge is 2.33. The summed E-state index contributed by atoms with van der Waals surface area (Å²) < 4.78 is 0. The molecular weight excluding hydrogens is 214 g/mol. The number of halogens is 1. The van der Waals surface area contributed by atoms with Crippen molar-refractivity contribution < 1.29 is 4.79 Å². The van der Waals surface area contributed by atoms with Crippen molar-refractivity contribution in [3.8, 4) is 0 Å². The van der Waals surface area contributed by atoms with Crippen LogP contribution in [0.3, 0.4) is 0 Å². The van der Waals surface area contributed by atoms with E-state index in [1.54, 1.807) is 6.92 Å². The second kappa shape index (κ2) is 5.14. The molecular formula is C10H20ClN3O. The van der Waals surface area contributed by atoms with Crippen LogP contribution < -0.4 is 5.73 Å². The second-order valence-electron chi connectivity index (χ2n) is 4.43. The number of amides is 1. The lowest BCUT2D eigenvalue weighted by Crippen LogP contribution is -2.57. The van der Waals surface area contributed by atoms with Crippen LogP contribution in [0.5, 0.6) is 0 Å². The first-order chi connectivity index (χ1) is 6.66. The molecule has 2 rings (SSSR count). The van der Waals surface area contributed by atoms with Gasteiger partial charge < -0.3 is 10.6 Å². The molecule has 0 unspecified atom stereocenters. The van der Waals surface area contributed by atoms with Crippen molar-refractivity contribution in [3.05, 3.63) is 0 Å². The first kappa shape index (κ1) is 12.7. The molecule has 1 aliphatic carbocycles. The van der Waals surface area contributed by atoms with Gasteiger partial charge in [-0.2, -0.15) is 0 Å². The van der Waals surface area contributed by atoms with Crippen LogP contribution >= 0.6 is 12.4 Å². The van der Waals surface area contributed by atoms with Crippen LogP contribution in [0.2, 0.25) is 0 Å². The quantitative estimate of drug-likeness (QED) is 0.697. The van der Waals surface area contributed by atoms with Gasteiger partial charge in [0.15, 0.2) is 0 Å². The second-order valence-corrected chi connectivity index (χ2v) is 4.43. The first-order valence-corrected chi connectivity index (χ1v) is 5.42. The summed E-state index contributed by atoms with van der Waals surface area (Å²) in [6.07, 6.45) is 2.28. The minimum absolute atomic E-state index is 0. The summed E-state index contributed by atoms with van der Waals surface area (Å²) in [5.74, 6) is 0.204. The monoisotopic (exact) mass is 233 g/mol. The molecule has 15 heavy (non-hydrogen) atoms. The molecule has 1 saturated heterocycles. The van der Waals surface area contributed by atoms with Crippen molar-refractivity contribution in [1.82, 2.24) is 9.80 Å². The summed E-state index contributed by atoms with van der Waals surface area (Å²) in [6.45, 7) is 5.48. The lowest BCUT2D eigenvalue weighted by Gasteiger charge is -2.45. The van der Waals surface area contributed by atoms with Crippen LogP contribution in [0, 0.1) is 0 Å². The topological polar surface area (TPSA) is 49.6 Å². The highest BCUT2D eigenvalue weighted by atomic mass is 35.5. The summed E-state index contributed by atoms with van der Waals surface area (Å²) in [5.41, 5.74) is 5.76. The molecule has 1 aliphatic heterocycles. The summed E-state index contributed by atoms with van der Waals surface area (Å²) in [5, 5.41) is 0. The first-order valence-electron chi connectivity index (χ1n) is 5.42. The highest BCUT2D eigenvalue weighted by Crippen LogP contribution is 2.24. The maximum absolute atomic E-state index is 11.1. The molecule has 4 nitrogen and oxygen atoms in total. The maximum Gasteiger partial charge on any atom is 0.219 e. The van der Waals surface area contributed by atoms with E-state index in [4.69, 9.17) is 5.73 Å². The SMILES string of the molecule is CC(=O)N1CCN(C2CC(N)C2)CC1.Cl. The molecule has 0 bridgehead atoms. The van der Waals surface area contributed by atoms with Gasteiger partial charge in [0.05, 0.1) is 0 Å². The Bertz CT molecular complexity index is 223. The van der Waals surface area contributed by atoms with Gasteiger partial charge in [-0.05, 0) is 12.8 Å². The highest BCUT2D eigenvalue weighted by molar-refractivity contribution is 5.85. The van der Waals surface area contributed by atoms with E-state index in [1.165, 1.54) is 0 Å². The van der Waals surface area contributed by atoms with E-state index in [2.05, 4.69) is 4.90 Å². The lowest BCUT2D eigenvalue weighted by molar-refractivity contribution is -0.131. The minimum atomic E-state index is 0. The van der Waals surface area contributed by atoms with Crippen molar-refractivity contribution in [1.29, 1.82) is 0 Å². The fourth-order valence-corrected chi connectivity index (χ4v) is 2.33. The Morgan fingerprint density at radius 2 is 1.73 bits per heavy atom. The Balaban J connectivity index is 0.00000112. The Kier molecular flexibility index (Phi) is 4.37. The molecule has 0 spiro atoms. The standard InChI is InChI=1S/C10H19N3O.ClH/c1-8(14)12-2-4-13(5-3-12)10-6-9(11)7-10;/h9-10H,2-7,11H2,1H3;1H. The van der Waals surface area contributed by atoms with E-state index in [9.17, 15) is 4.79 Å². The van der Waals surface area contributed by atoms with Crippen LogP contribution in [0.15, 0.2) is 0 Å². The molecule has 2 fully saturated rings. The van der Waals surface area contributed by atoms with Crippen molar-refractivity contribution >= 4 is 18.3 Å². The number of carbonyl (C=O) groups is 1. The molecule has 2 aliphatic rings. The molecule has 0 aromatic rings. The van der Waals surface area contributed by atoms with Crippen LogP contribution in [-0.4, -0.2) is 54.0 Å². The molecule has 0 aromatic carbocycles. The number of piperazine rings is 1. The van der Waals surface area contributed by atoms with E-state index < -0.39 is 0 Å². The third-order valence-corrected chi connectivity index (χ3v) is 3.43. The van der Waals surface area contributed by atoms with Gasteiger partial charge in [-0.25, -0.2) is 0 Å². The molecule has 0 aromatic heterocycles. The normalized spacial score (nSPS) is 31.7. The predicted octanol–water partition coefficient (Wildman–Crippen LogP) is 0.0620. The van der Waals surface area contributed by atoms with Gasteiger partial charge in [-0.1, -0.05) is 0 Å². The molecule has 1 saturated carbocycles. The van der Waals surface area contributed by atoms with E-state index >= 15 is 0 Å². The molecule has 2 N–H and O–H groups in total. The van der Waals surface area contributed by atoms with E-state index in [0.717, 1.165) is 39.0 Å². The van der Waals surface area contributed by atoms with Crippen molar-refractivity contribution in [2.45, 2.75) is 31.8 Å². The van der Waals surface area contributed by atoms with Gasteiger partial charge in [-0.3, -0.25) is 9.69 Å². The van der Waals surface area contributed by atoms with Gasteiger partial charge in [-0.15, -0.1) is 12.4 Å². The lowest BCUT2D eigenvalue weighted by atomic mass is 9.86. The third-order valence-electron chi connectivity index (χ3n) is 3.43. The van der Waals surface area contributed by atoms with Crippen molar-refractivity contribution in [2.24, 2.45) is 5.73 Å². The van der Waals surface area contributed by atoms with Gasteiger partial charge in [0.1, 0.15) is 0 Å². The number of hydrogen-bond acceptors (Lipinski definition) is 3. The number of carbonyl (C=O) groups excluding carboxylic acids is 1. The largest absolute Gasteiger partial charge is 0.340 e. The molecule has 88 valence electrons. The van der Waals surface area contributed by atoms with E-state index in [-0.39, 0.29) is 18.3 Å². The van der Waals surface area contributed by atoms with Crippen LogP contribution in [0.1, 0.15) is 19.8 Å². The molecule has 1 heterocycles. The zero-order valence-electron chi connectivity index (χ0n) is 9.19. The fraction of sp³-hybridized carbons (Fsp3) is 0.900. The Labute approximate surface area is 97.2 Å². The predicted molar refractivity (Wildman–Crippen MR) is 62.1 cm³/mol. The Morgan fingerprint density at radius 1 is 1.20 bits per heavy atom. The summed E-state index contributed by atoms with van der Waals surface area (Å²) in [4.78, 5) is 15.5. The Morgan fingerprint density at radius 3 is 2.13 bits per heavy atom. The average Bonchev–Trinajstić information content (AvgIpc) is 2.13. The average molecular weight is 234 g/mol. The number of nitrogens with zero attached hydrogens (tertiary/aromatic N) is 2. The van der Waals surface area contributed by atoms with E-state index in [1.807, 2.05) is 4.90 Å². The van der Waals surface area contributed by atoms with Crippen LogP contribution in [-0.2, 0) is 4.79 Å². The van der Waals surface area contributed by atoms with Gasteiger partial charge >= 0.3 is 0 Å². The number of rotatable bonds is 1. The van der Waals surface area contributed by atoms with Crippen molar-refractivity contribution in [2.75, 3.05) is 26.2 Å². The van der Waals surface area contributed by atoms with Crippen LogP contribution in [0.25, 0.3) is 0 Å². The third kappa shape index (κ3) is 2.83. The Hall–Kier alpha value is -0.320. The summed E-state index contributed by atoms with van der Waals surface area (Å²) >= 11 is 0. The molecule has 5 heteroatoms. The minimum Gasteiger partial charge on any atom is -0.340 e. The van der Waals surface area contributed by atoms with Crippen LogP contribution in [0.4, 0.5) is 0 Å². The summed E-state index contributed by atoms with van der Waals surface area (Å²) in [7, 11) is 0. The molecule has 1 amide bonds. The molecule has 0 radical (unpaired) electrons. The number of nitrogens with two attached hydrogens (primary N) is 1. The number of hydrogen-bond donors (Lipinski definition) is 1. The fourth-order valence-electron chi connectivity index (χ4n) is 2.33. The summed E-state index contributed by atoms with van der Waals surface area (Å²) in [6, 6.07) is 1.12. The smallest absolute Gasteiger partial charge is 0.219 e. The van der Waals surface area contributed by atoms with Gasteiger partial charge in [0, 0.05) is 45.2 Å².